The van der Waals surface area contributed by atoms with Crippen LogP contribution in [-0.4, -0.2) is 0 Å². The summed E-state index contributed by atoms with van der Waals surface area (Å²) in [5, 5.41) is 4.31. The molecule has 0 saturated heterocycles. The molecule has 0 aliphatic heterocycles. The minimum atomic E-state index is 0.332. The molecule has 78 valence electrons. The van der Waals surface area contributed by atoms with E-state index in [1.165, 1.54) is 35.7 Å². The van der Waals surface area contributed by atoms with Gasteiger partial charge in [0.25, 0.3) is 0 Å². The number of rotatable bonds is 3. The molecule has 1 aromatic rings. The minimum Gasteiger partial charge on any atom is -0.271 e. The van der Waals surface area contributed by atoms with Gasteiger partial charge < -0.3 is 0 Å². The lowest BCUT2D eigenvalue weighted by Crippen LogP contribution is -2.32. The summed E-state index contributed by atoms with van der Waals surface area (Å²) in [6.07, 6.45) is 5.31. The summed E-state index contributed by atoms with van der Waals surface area (Å²) in [5.74, 6) is 6.36. The van der Waals surface area contributed by atoms with E-state index in [2.05, 4.69) is 32.1 Å². The van der Waals surface area contributed by atoms with E-state index >= 15 is 0 Å². The number of hydrogen-bond acceptors (Lipinski definition) is 3. The van der Waals surface area contributed by atoms with Gasteiger partial charge in [0, 0.05) is 9.85 Å². The second-order valence-corrected chi connectivity index (χ2v) is 5.46. The summed E-state index contributed by atoms with van der Waals surface area (Å²) in [4.78, 5) is 0. The zero-order valence-electron chi connectivity index (χ0n) is 8.00. The molecule has 2 nitrogen and oxygen atoms in total. The molecule has 1 saturated carbocycles. The zero-order chi connectivity index (χ0) is 9.97. The Morgan fingerprint density at radius 3 is 2.64 bits per heavy atom. The number of thiophene rings is 1. The van der Waals surface area contributed by atoms with E-state index in [0.717, 1.165) is 0 Å². The first kappa shape index (κ1) is 10.6. The standard InChI is InChI=1S/C10H15BrN2S/c11-9-6-14-5-8(9)10(13-12)7-3-1-2-4-7/h5-7,10,13H,1-4,12H2. The SMILES string of the molecule is NNC(c1cscc1Br)C1CCCC1. The quantitative estimate of drug-likeness (QED) is 0.656. The molecule has 0 amide bonds. The summed E-state index contributed by atoms with van der Waals surface area (Å²) in [6, 6.07) is 0.332. The Hall–Kier alpha value is 0.100. The monoisotopic (exact) mass is 274 g/mol. The summed E-state index contributed by atoms with van der Waals surface area (Å²) in [5.41, 5.74) is 4.29. The van der Waals surface area contributed by atoms with Gasteiger partial charge in [-0.3, -0.25) is 11.3 Å². The van der Waals surface area contributed by atoms with Crippen LogP contribution in [-0.2, 0) is 0 Å². The van der Waals surface area contributed by atoms with Gasteiger partial charge in [0.05, 0.1) is 6.04 Å². The molecule has 0 spiro atoms. The molecule has 14 heavy (non-hydrogen) atoms. The second-order valence-electron chi connectivity index (χ2n) is 3.86. The van der Waals surface area contributed by atoms with Crippen molar-refractivity contribution in [2.75, 3.05) is 0 Å². The van der Waals surface area contributed by atoms with Crippen LogP contribution in [0.25, 0.3) is 0 Å². The van der Waals surface area contributed by atoms with Crippen LogP contribution in [0, 0.1) is 5.92 Å². The number of halogens is 1. The summed E-state index contributed by atoms with van der Waals surface area (Å²) in [7, 11) is 0. The van der Waals surface area contributed by atoms with Crippen molar-refractivity contribution in [3.8, 4) is 0 Å². The zero-order valence-corrected chi connectivity index (χ0v) is 10.4. The second kappa shape index (κ2) is 4.75. The highest BCUT2D eigenvalue weighted by molar-refractivity contribution is 9.10. The van der Waals surface area contributed by atoms with Crippen LogP contribution in [0.1, 0.15) is 37.3 Å². The maximum absolute atomic E-state index is 5.65. The van der Waals surface area contributed by atoms with Crippen LogP contribution in [0.3, 0.4) is 0 Å². The highest BCUT2D eigenvalue weighted by atomic mass is 79.9. The van der Waals surface area contributed by atoms with E-state index in [4.69, 9.17) is 5.84 Å². The predicted octanol–water partition coefficient (Wildman–Crippen LogP) is 3.21. The van der Waals surface area contributed by atoms with Crippen molar-refractivity contribution in [2.24, 2.45) is 11.8 Å². The summed E-state index contributed by atoms with van der Waals surface area (Å²) < 4.78 is 1.19. The number of hydrogen-bond donors (Lipinski definition) is 2. The third-order valence-corrected chi connectivity index (χ3v) is 4.78. The van der Waals surface area contributed by atoms with E-state index < -0.39 is 0 Å². The molecule has 0 bridgehead atoms. The molecule has 1 atom stereocenters. The smallest absolute Gasteiger partial charge is 0.0507 e. The highest BCUT2D eigenvalue weighted by Crippen LogP contribution is 2.38. The van der Waals surface area contributed by atoms with Crippen LogP contribution >= 0.6 is 27.3 Å². The molecule has 1 aromatic heterocycles. The number of hydrazine groups is 1. The Kier molecular flexibility index (Phi) is 3.60. The molecule has 1 heterocycles. The van der Waals surface area contributed by atoms with Gasteiger partial charge in [-0.1, -0.05) is 12.8 Å². The summed E-state index contributed by atoms with van der Waals surface area (Å²) >= 11 is 5.30. The summed E-state index contributed by atoms with van der Waals surface area (Å²) in [6.45, 7) is 0. The Morgan fingerprint density at radius 1 is 1.43 bits per heavy atom. The van der Waals surface area contributed by atoms with E-state index in [-0.39, 0.29) is 0 Å². The molecule has 1 aliphatic carbocycles. The molecule has 1 unspecified atom stereocenters. The van der Waals surface area contributed by atoms with Gasteiger partial charge in [0.2, 0.25) is 0 Å². The molecular formula is C10H15BrN2S. The molecule has 1 fully saturated rings. The third-order valence-electron chi connectivity index (χ3n) is 3.03. The first-order chi connectivity index (χ1) is 6.83. The number of nitrogens with one attached hydrogen (secondary N) is 1. The van der Waals surface area contributed by atoms with E-state index in [9.17, 15) is 0 Å². The Balaban J connectivity index is 2.16. The predicted molar refractivity (Wildman–Crippen MR) is 64.0 cm³/mol. The fraction of sp³-hybridized carbons (Fsp3) is 0.600. The third kappa shape index (κ3) is 2.03. The van der Waals surface area contributed by atoms with E-state index in [1.807, 2.05) is 0 Å². The molecule has 2 rings (SSSR count). The average molecular weight is 275 g/mol. The Bertz CT molecular complexity index is 294. The molecule has 1 aliphatic rings. The van der Waals surface area contributed by atoms with Crippen LogP contribution in [0.2, 0.25) is 0 Å². The lowest BCUT2D eigenvalue weighted by atomic mass is 9.94. The number of nitrogens with two attached hydrogens (primary N) is 1. The Morgan fingerprint density at radius 2 is 2.14 bits per heavy atom. The van der Waals surface area contributed by atoms with Gasteiger partial charge in [-0.25, -0.2) is 0 Å². The van der Waals surface area contributed by atoms with Crippen molar-refractivity contribution in [1.29, 1.82) is 0 Å². The lowest BCUT2D eigenvalue weighted by Gasteiger charge is -2.22. The van der Waals surface area contributed by atoms with Crippen LogP contribution in [0.4, 0.5) is 0 Å². The molecule has 0 aromatic carbocycles. The maximum atomic E-state index is 5.65. The molecule has 4 heteroatoms. The first-order valence-electron chi connectivity index (χ1n) is 5.00. The fourth-order valence-electron chi connectivity index (χ4n) is 2.28. The van der Waals surface area contributed by atoms with Crippen molar-refractivity contribution < 1.29 is 0 Å². The van der Waals surface area contributed by atoms with Crippen molar-refractivity contribution in [2.45, 2.75) is 31.7 Å². The van der Waals surface area contributed by atoms with Crippen LogP contribution < -0.4 is 11.3 Å². The normalized spacial score (nSPS) is 20.1. The van der Waals surface area contributed by atoms with Crippen molar-refractivity contribution in [3.63, 3.8) is 0 Å². The van der Waals surface area contributed by atoms with Gasteiger partial charge in [0.15, 0.2) is 0 Å². The van der Waals surface area contributed by atoms with Crippen LogP contribution in [0.15, 0.2) is 15.2 Å². The molecule has 3 N–H and O–H groups in total. The van der Waals surface area contributed by atoms with E-state index in [0.29, 0.717) is 12.0 Å². The molecule has 0 radical (unpaired) electrons. The van der Waals surface area contributed by atoms with Gasteiger partial charge in [-0.05, 0) is 45.6 Å². The maximum Gasteiger partial charge on any atom is 0.0507 e. The molecular weight excluding hydrogens is 260 g/mol. The van der Waals surface area contributed by atoms with Crippen LogP contribution in [0.5, 0.6) is 0 Å². The van der Waals surface area contributed by atoms with Gasteiger partial charge in [0.1, 0.15) is 0 Å². The average Bonchev–Trinajstić information content (AvgIpc) is 2.80. The van der Waals surface area contributed by atoms with Crippen molar-refractivity contribution in [3.05, 3.63) is 20.8 Å². The lowest BCUT2D eigenvalue weighted by molar-refractivity contribution is 0.373. The van der Waals surface area contributed by atoms with Crippen molar-refractivity contribution in [1.82, 2.24) is 5.43 Å². The van der Waals surface area contributed by atoms with Gasteiger partial charge >= 0.3 is 0 Å². The van der Waals surface area contributed by atoms with Gasteiger partial charge in [-0.15, -0.1) is 0 Å². The van der Waals surface area contributed by atoms with Crippen molar-refractivity contribution >= 4 is 27.3 Å². The highest BCUT2D eigenvalue weighted by Gasteiger charge is 2.26. The fourth-order valence-corrected chi connectivity index (χ4v) is 3.86. The Labute approximate surface area is 97.0 Å². The topological polar surface area (TPSA) is 38.0 Å². The van der Waals surface area contributed by atoms with E-state index in [1.54, 1.807) is 11.3 Å². The van der Waals surface area contributed by atoms with Gasteiger partial charge in [-0.2, -0.15) is 11.3 Å². The minimum absolute atomic E-state index is 0.332. The first-order valence-corrected chi connectivity index (χ1v) is 6.74. The largest absolute Gasteiger partial charge is 0.271 e.